The van der Waals surface area contributed by atoms with Crippen LogP contribution >= 0.6 is 0 Å². The van der Waals surface area contributed by atoms with E-state index in [2.05, 4.69) is 27.4 Å². The predicted octanol–water partition coefficient (Wildman–Crippen LogP) is 2.40. The summed E-state index contributed by atoms with van der Waals surface area (Å²) in [6, 6.07) is 3.56. The summed E-state index contributed by atoms with van der Waals surface area (Å²) in [5.41, 5.74) is 0.969. The lowest BCUT2D eigenvalue weighted by Gasteiger charge is -2.30. The van der Waals surface area contributed by atoms with Gasteiger partial charge in [-0.1, -0.05) is 6.92 Å². The third kappa shape index (κ3) is 6.74. The first-order valence-electron chi connectivity index (χ1n) is 8.90. The van der Waals surface area contributed by atoms with Gasteiger partial charge in [-0.3, -0.25) is 0 Å². The Morgan fingerprint density at radius 1 is 1.42 bits per heavy atom. The second kappa shape index (κ2) is 10.1. The van der Waals surface area contributed by atoms with Crippen LogP contribution in [0, 0.1) is 5.92 Å². The molecule has 0 radical (unpaired) electrons. The van der Waals surface area contributed by atoms with E-state index in [1.807, 2.05) is 12.1 Å². The SMILES string of the molecule is COc1cc(CNC(=O)NCCCCN2CCCC(C)C2)ccn1. The minimum atomic E-state index is -0.127. The molecule has 1 fully saturated rings. The highest BCUT2D eigenvalue weighted by atomic mass is 16.5. The highest BCUT2D eigenvalue weighted by Gasteiger charge is 2.15. The van der Waals surface area contributed by atoms with Gasteiger partial charge in [-0.05, 0) is 56.3 Å². The molecule has 1 aromatic rings. The highest BCUT2D eigenvalue weighted by molar-refractivity contribution is 5.73. The zero-order valence-corrected chi connectivity index (χ0v) is 14.9. The van der Waals surface area contributed by atoms with Gasteiger partial charge in [0.1, 0.15) is 0 Å². The number of hydrogen-bond donors (Lipinski definition) is 2. The van der Waals surface area contributed by atoms with Gasteiger partial charge in [0.25, 0.3) is 0 Å². The minimum Gasteiger partial charge on any atom is -0.481 e. The first kappa shape index (κ1) is 18.5. The van der Waals surface area contributed by atoms with E-state index in [0.717, 1.165) is 37.4 Å². The van der Waals surface area contributed by atoms with Crippen LogP contribution in [0.25, 0.3) is 0 Å². The molecule has 1 saturated heterocycles. The number of aromatic nitrogens is 1. The fourth-order valence-electron chi connectivity index (χ4n) is 3.07. The number of hydrogen-bond acceptors (Lipinski definition) is 4. The van der Waals surface area contributed by atoms with Gasteiger partial charge in [0.05, 0.1) is 7.11 Å². The fourth-order valence-corrected chi connectivity index (χ4v) is 3.07. The number of methoxy groups -OCH3 is 1. The van der Waals surface area contributed by atoms with Gasteiger partial charge in [0, 0.05) is 31.9 Å². The van der Waals surface area contributed by atoms with Crippen molar-refractivity contribution in [3.8, 4) is 5.88 Å². The Morgan fingerprint density at radius 3 is 3.08 bits per heavy atom. The monoisotopic (exact) mass is 334 g/mol. The summed E-state index contributed by atoms with van der Waals surface area (Å²) >= 11 is 0. The van der Waals surface area contributed by atoms with E-state index in [9.17, 15) is 4.79 Å². The van der Waals surface area contributed by atoms with Crippen LogP contribution in [0.15, 0.2) is 18.3 Å². The molecule has 6 heteroatoms. The lowest BCUT2D eigenvalue weighted by molar-refractivity contribution is 0.181. The van der Waals surface area contributed by atoms with Crippen LogP contribution in [0.4, 0.5) is 4.79 Å². The molecule has 2 amide bonds. The van der Waals surface area contributed by atoms with Gasteiger partial charge >= 0.3 is 6.03 Å². The summed E-state index contributed by atoms with van der Waals surface area (Å²) in [5, 5.41) is 5.77. The van der Waals surface area contributed by atoms with Crippen molar-refractivity contribution < 1.29 is 9.53 Å². The van der Waals surface area contributed by atoms with Gasteiger partial charge in [-0.2, -0.15) is 0 Å². The predicted molar refractivity (Wildman–Crippen MR) is 95.1 cm³/mol. The van der Waals surface area contributed by atoms with Crippen molar-refractivity contribution in [1.82, 2.24) is 20.5 Å². The van der Waals surface area contributed by atoms with Crippen molar-refractivity contribution in [2.45, 2.75) is 39.2 Å². The first-order chi connectivity index (χ1) is 11.7. The number of nitrogens with zero attached hydrogens (tertiary/aromatic N) is 2. The standard InChI is InChI=1S/C18H30N4O2/c1-15-6-5-11-22(14-15)10-4-3-8-20-18(23)21-13-16-7-9-19-17(12-16)24-2/h7,9,12,15H,3-6,8,10-11,13-14H2,1-2H3,(H2,20,21,23). The Kier molecular flexibility index (Phi) is 7.82. The van der Waals surface area contributed by atoms with Crippen molar-refractivity contribution in [2.75, 3.05) is 33.3 Å². The number of carbonyl (C=O) groups excluding carboxylic acids is 1. The van der Waals surface area contributed by atoms with E-state index in [1.165, 1.54) is 25.9 Å². The molecule has 6 nitrogen and oxygen atoms in total. The molecule has 134 valence electrons. The summed E-state index contributed by atoms with van der Waals surface area (Å²) in [4.78, 5) is 18.4. The third-order valence-corrected chi connectivity index (χ3v) is 4.39. The van der Waals surface area contributed by atoms with Crippen molar-refractivity contribution >= 4 is 6.03 Å². The van der Waals surface area contributed by atoms with Crippen LogP contribution in [0.3, 0.4) is 0 Å². The molecular weight excluding hydrogens is 304 g/mol. The zero-order valence-electron chi connectivity index (χ0n) is 14.9. The maximum absolute atomic E-state index is 11.8. The van der Waals surface area contributed by atoms with Crippen LogP contribution in [0.5, 0.6) is 5.88 Å². The van der Waals surface area contributed by atoms with Crippen LogP contribution in [-0.4, -0.2) is 49.2 Å². The second-order valence-corrected chi connectivity index (χ2v) is 6.57. The van der Waals surface area contributed by atoms with Crippen molar-refractivity contribution in [2.24, 2.45) is 5.92 Å². The molecule has 0 bridgehead atoms. The molecule has 0 spiro atoms. The van der Waals surface area contributed by atoms with Gasteiger partial charge in [-0.15, -0.1) is 0 Å². The van der Waals surface area contributed by atoms with Gasteiger partial charge in [-0.25, -0.2) is 9.78 Å². The average molecular weight is 334 g/mol. The maximum Gasteiger partial charge on any atom is 0.315 e. The molecule has 1 aliphatic rings. The molecule has 2 rings (SSSR count). The largest absolute Gasteiger partial charge is 0.481 e. The number of urea groups is 1. The van der Waals surface area contributed by atoms with E-state index in [0.29, 0.717) is 12.4 Å². The quantitative estimate of drug-likeness (QED) is 0.717. The third-order valence-electron chi connectivity index (χ3n) is 4.39. The average Bonchev–Trinajstić information content (AvgIpc) is 2.60. The fraction of sp³-hybridized carbons (Fsp3) is 0.667. The van der Waals surface area contributed by atoms with Crippen LogP contribution in [-0.2, 0) is 6.54 Å². The van der Waals surface area contributed by atoms with E-state index in [4.69, 9.17) is 4.74 Å². The number of likely N-dealkylation sites (tertiary alicyclic amines) is 1. The Balaban J connectivity index is 1.53. The highest BCUT2D eigenvalue weighted by Crippen LogP contribution is 2.15. The zero-order chi connectivity index (χ0) is 17.2. The molecular formula is C18H30N4O2. The maximum atomic E-state index is 11.8. The molecule has 2 N–H and O–H groups in total. The number of amides is 2. The normalized spacial score (nSPS) is 18.2. The number of carbonyl (C=O) groups is 1. The van der Waals surface area contributed by atoms with E-state index < -0.39 is 0 Å². The first-order valence-corrected chi connectivity index (χ1v) is 8.90. The smallest absolute Gasteiger partial charge is 0.315 e. The molecule has 1 unspecified atom stereocenters. The molecule has 2 heterocycles. The Morgan fingerprint density at radius 2 is 2.29 bits per heavy atom. The number of piperidine rings is 1. The number of pyridine rings is 1. The Labute approximate surface area is 145 Å². The molecule has 0 aromatic carbocycles. The molecule has 24 heavy (non-hydrogen) atoms. The lowest BCUT2D eigenvalue weighted by Crippen LogP contribution is -2.37. The van der Waals surface area contributed by atoms with Crippen LogP contribution in [0.1, 0.15) is 38.2 Å². The summed E-state index contributed by atoms with van der Waals surface area (Å²) in [6.07, 6.45) is 6.51. The topological polar surface area (TPSA) is 66.5 Å². The summed E-state index contributed by atoms with van der Waals surface area (Å²) in [7, 11) is 1.58. The summed E-state index contributed by atoms with van der Waals surface area (Å²) in [5.74, 6) is 1.39. The van der Waals surface area contributed by atoms with Crippen molar-refractivity contribution in [3.05, 3.63) is 23.9 Å². The number of nitrogens with one attached hydrogen (secondary N) is 2. The Hall–Kier alpha value is -1.82. The Bertz CT molecular complexity index is 510. The molecule has 0 saturated carbocycles. The van der Waals surface area contributed by atoms with Gasteiger partial charge in [0.2, 0.25) is 5.88 Å². The van der Waals surface area contributed by atoms with Crippen LogP contribution in [0.2, 0.25) is 0 Å². The number of unbranched alkanes of at least 4 members (excludes halogenated alkanes) is 1. The van der Waals surface area contributed by atoms with Crippen molar-refractivity contribution in [1.29, 1.82) is 0 Å². The van der Waals surface area contributed by atoms with E-state index in [1.54, 1.807) is 13.3 Å². The minimum absolute atomic E-state index is 0.127. The van der Waals surface area contributed by atoms with Gasteiger partial charge in [0.15, 0.2) is 0 Å². The summed E-state index contributed by atoms with van der Waals surface area (Å²) in [6.45, 7) is 7.11. The summed E-state index contributed by atoms with van der Waals surface area (Å²) < 4.78 is 5.07. The molecule has 1 aliphatic heterocycles. The number of rotatable bonds is 8. The molecule has 0 aliphatic carbocycles. The molecule has 1 atom stereocenters. The number of ether oxygens (including phenoxy) is 1. The van der Waals surface area contributed by atoms with Crippen molar-refractivity contribution in [3.63, 3.8) is 0 Å². The second-order valence-electron chi connectivity index (χ2n) is 6.57. The van der Waals surface area contributed by atoms with E-state index >= 15 is 0 Å². The van der Waals surface area contributed by atoms with Crippen LogP contribution < -0.4 is 15.4 Å². The lowest BCUT2D eigenvalue weighted by atomic mass is 10.0. The van der Waals surface area contributed by atoms with E-state index in [-0.39, 0.29) is 6.03 Å². The molecule has 1 aromatic heterocycles. The van der Waals surface area contributed by atoms with Gasteiger partial charge < -0.3 is 20.3 Å².